The lowest BCUT2D eigenvalue weighted by atomic mass is 9.87. The molecule has 0 aromatic heterocycles. The van der Waals surface area contributed by atoms with Gasteiger partial charge in [-0.25, -0.2) is 4.79 Å². The third-order valence-corrected chi connectivity index (χ3v) is 3.35. The molecule has 1 aromatic rings. The minimum atomic E-state index is -0.565. The van der Waals surface area contributed by atoms with Gasteiger partial charge in [0.25, 0.3) is 5.69 Å². The van der Waals surface area contributed by atoms with Crippen molar-refractivity contribution in [3.8, 4) is 0 Å². The number of fused-ring (bicyclic) bond motifs is 1. The zero-order chi connectivity index (χ0) is 15.6. The minimum absolute atomic E-state index is 0.0478. The molecule has 1 N–H and O–H groups in total. The summed E-state index contributed by atoms with van der Waals surface area (Å²) < 4.78 is 5.25. The van der Waals surface area contributed by atoms with Crippen LogP contribution in [0.15, 0.2) is 18.2 Å². The van der Waals surface area contributed by atoms with Gasteiger partial charge in [-0.3, -0.25) is 10.1 Å². The van der Waals surface area contributed by atoms with E-state index in [0.29, 0.717) is 0 Å². The fourth-order valence-electron chi connectivity index (χ4n) is 2.50. The molecular weight excluding hydrogens is 272 g/mol. The molecule has 1 aromatic carbocycles. The van der Waals surface area contributed by atoms with E-state index >= 15 is 0 Å². The Kier molecular flexibility index (Phi) is 4.16. The Hall–Kier alpha value is -2.11. The second-order valence-electron chi connectivity index (χ2n) is 6.23. The monoisotopic (exact) mass is 292 g/mol. The van der Waals surface area contributed by atoms with Crippen LogP contribution in [0.4, 0.5) is 10.5 Å². The molecule has 6 heteroatoms. The van der Waals surface area contributed by atoms with Gasteiger partial charge in [-0.1, -0.05) is 6.07 Å². The Morgan fingerprint density at radius 1 is 1.43 bits per heavy atom. The van der Waals surface area contributed by atoms with Crippen molar-refractivity contribution >= 4 is 11.8 Å². The van der Waals surface area contributed by atoms with Gasteiger partial charge in [-0.05, 0) is 51.2 Å². The number of ether oxygens (including phenoxy) is 1. The Morgan fingerprint density at radius 2 is 2.14 bits per heavy atom. The van der Waals surface area contributed by atoms with Crippen molar-refractivity contribution in [1.29, 1.82) is 0 Å². The van der Waals surface area contributed by atoms with E-state index in [1.165, 1.54) is 6.07 Å². The Morgan fingerprint density at radius 3 is 2.76 bits per heavy atom. The summed E-state index contributed by atoms with van der Waals surface area (Å²) >= 11 is 0. The zero-order valence-corrected chi connectivity index (χ0v) is 12.5. The molecule has 0 fully saturated rings. The van der Waals surface area contributed by atoms with Crippen molar-refractivity contribution in [2.45, 2.75) is 51.7 Å². The number of rotatable bonds is 2. The number of nitrogens with zero attached hydrogens (tertiary/aromatic N) is 1. The lowest BCUT2D eigenvalue weighted by Crippen LogP contribution is -2.36. The largest absolute Gasteiger partial charge is 0.444 e. The van der Waals surface area contributed by atoms with E-state index in [2.05, 4.69) is 5.32 Å². The van der Waals surface area contributed by atoms with Crippen LogP contribution in [0.1, 0.15) is 50.8 Å². The lowest BCUT2D eigenvalue weighted by Gasteiger charge is -2.28. The van der Waals surface area contributed by atoms with Gasteiger partial charge in [-0.15, -0.1) is 0 Å². The number of non-ortho nitro benzene ring substituents is 1. The van der Waals surface area contributed by atoms with Crippen LogP contribution >= 0.6 is 0 Å². The molecule has 114 valence electrons. The number of nitro groups is 1. The highest BCUT2D eigenvalue weighted by Gasteiger charge is 2.26. The highest BCUT2D eigenvalue weighted by molar-refractivity contribution is 5.68. The highest BCUT2D eigenvalue weighted by atomic mass is 16.6. The molecule has 1 unspecified atom stereocenters. The van der Waals surface area contributed by atoms with Crippen molar-refractivity contribution in [1.82, 2.24) is 5.32 Å². The molecule has 0 spiro atoms. The molecule has 1 aliphatic carbocycles. The summed E-state index contributed by atoms with van der Waals surface area (Å²) in [7, 11) is 0. The van der Waals surface area contributed by atoms with E-state index in [0.717, 1.165) is 30.4 Å². The van der Waals surface area contributed by atoms with Gasteiger partial charge in [-0.2, -0.15) is 0 Å². The summed E-state index contributed by atoms with van der Waals surface area (Å²) in [6, 6.07) is 4.60. The van der Waals surface area contributed by atoms with Crippen molar-refractivity contribution in [2.24, 2.45) is 0 Å². The third kappa shape index (κ3) is 3.93. The maximum absolute atomic E-state index is 11.9. The van der Waals surface area contributed by atoms with Crippen molar-refractivity contribution in [3.63, 3.8) is 0 Å². The molecule has 6 nitrogen and oxygen atoms in total. The van der Waals surface area contributed by atoms with E-state index in [4.69, 9.17) is 4.74 Å². The van der Waals surface area contributed by atoms with Gasteiger partial charge in [0.15, 0.2) is 0 Å². The smallest absolute Gasteiger partial charge is 0.408 e. The number of nitrogens with one attached hydrogen (secondary N) is 1. The number of hydrogen-bond donors (Lipinski definition) is 1. The van der Waals surface area contributed by atoms with E-state index in [1.54, 1.807) is 32.9 Å². The normalized spacial score (nSPS) is 17.8. The number of alkyl carbamates (subject to hydrolysis) is 1. The molecule has 2 rings (SSSR count). The first-order valence-corrected chi connectivity index (χ1v) is 7.03. The number of benzene rings is 1. The van der Waals surface area contributed by atoms with Crippen LogP contribution in [0.3, 0.4) is 0 Å². The van der Waals surface area contributed by atoms with E-state index < -0.39 is 16.6 Å². The van der Waals surface area contributed by atoms with Crippen LogP contribution in [-0.2, 0) is 11.2 Å². The summed E-state index contributed by atoms with van der Waals surface area (Å²) in [4.78, 5) is 22.4. The summed E-state index contributed by atoms with van der Waals surface area (Å²) in [5.41, 5.74) is 1.35. The number of aryl methyl sites for hydroxylation is 1. The van der Waals surface area contributed by atoms with Crippen LogP contribution in [0, 0.1) is 10.1 Å². The molecule has 1 atom stereocenters. The molecule has 0 radical (unpaired) electrons. The number of amides is 1. The maximum Gasteiger partial charge on any atom is 0.408 e. The van der Waals surface area contributed by atoms with Crippen LogP contribution in [0.5, 0.6) is 0 Å². The number of nitro benzene ring substituents is 1. The fraction of sp³-hybridized carbons (Fsp3) is 0.533. The first-order chi connectivity index (χ1) is 9.76. The summed E-state index contributed by atoms with van der Waals surface area (Å²) in [5, 5.41) is 13.7. The van der Waals surface area contributed by atoms with Gasteiger partial charge in [0.05, 0.1) is 11.0 Å². The first-order valence-electron chi connectivity index (χ1n) is 7.03. The summed E-state index contributed by atoms with van der Waals surface area (Å²) in [6.45, 7) is 5.39. The molecule has 0 saturated carbocycles. The lowest BCUT2D eigenvalue weighted by molar-refractivity contribution is -0.385. The van der Waals surface area contributed by atoms with Gasteiger partial charge in [0, 0.05) is 12.1 Å². The molecule has 21 heavy (non-hydrogen) atoms. The Labute approximate surface area is 123 Å². The molecular formula is C15H20N2O4. The van der Waals surface area contributed by atoms with Crippen LogP contribution < -0.4 is 5.32 Å². The first kappa shape index (κ1) is 15.3. The second kappa shape index (κ2) is 5.71. The number of hydrogen-bond acceptors (Lipinski definition) is 4. The average molecular weight is 292 g/mol. The zero-order valence-electron chi connectivity index (χ0n) is 12.5. The van der Waals surface area contributed by atoms with Gasteiger partial charge >= 0.3 is 6.09 Å². The van der Waals surface area contributed by atoms with Crippen molar-refractivity contribution in [3.05, 3.63) is 39.4 Å². The third-order valence-electron chi connectivity index (χ3n) is 3.35. The number of carbonyl (C=O) groups excluding carboxylic acids is 1. The van der Waals surface area contributed by atoms with Crippen LogP contribution in [0.25, 0.3) is 0 Å². The quantitative estimate of drug-likeness (QED) is 0.668. The van der Waals surface area contributed by atoms with Gasteiger partial charge < -0.3 is 10.1 Å². The van der Waals surface area contributed by atoms with Crippen molar-refractivity contribution in [2.75, 3.05) is 0 Å². The van der Waals surface area contributed by atoms with E-state index in [1.807, 2.05) is 0 Å². The van der Waals surface area contributed by atoms with Crippen LogP contribution in [0.2, 0.25) is 0 Å². The number of carbonyl (C=O) groups is 1. The Bertz CT molecular complexity index is 563. The SMILES string of the molecule is CC(C)(C)OC(=O)NC1CCCc2ccc([N+](=O)[O-])cc21. The average Bonchev–Trinajstić information content (AvgIpc) is 2.36. The molecule has 0 bridgehead atoms. The summed E-state index contributed by atoms with van der Waals surface area (Å²) in [5.74, 6) is 0. The maximum atomic E-state index is 11.9. The standard InChI is InChI=1S/C15H20N2O4/c1-15(2,3)21-14(18)16-13-6-4-5-10-7-8-11(17(19)20)9-12(10)13/h7-9,13H,4-6H2,1-3H3,(H,16,18). The topological polar surface area (TPSA) is 81.5 Å². The highest BCUT2D eigenvalue weighted by Crippen LogP contribution is 2.32. The van der Waals surface area contributed by atoms with Crippen LogP contribution in [-0.4, -0.2) is 16.6 Å². The second-order valence-corrected chi connectivity index (χ2v) is 6.23. The summed E-state index contributed by atoms with van der Waals surface area (Å²) in [6.07, 6.45) is 2.07. The molecule has 0 heterocycles. The van der Waals surface area contributed by atoms with Gasteiger partial charge in [0.1, 0.15) is 5.60 Å². The molecule has 0 saturated heterocycles. The van der Waals surface area contributed by atoms with E-state index in [9.17, 15) is 14.9 Å². The molecule has 0 aliphatic heterocycles. The molecule has 1 amide bonds. The van der Waals surface area contributed by atoms with Gasteiger partial charge in [0.2, 0.25) is 0 Å². The van der Waals surface area contributed by atoms with Crippen molar-refractivity contribution < 1.29 is 14.5 Å². The molecule has 1 aliphatic rings. The Balaban J connectivity index is 2.19. The minimum Gasteiger partial charge on any atom is -0.444 e. The fourth-order valence-corrected chi connectivity index (χ4v) is 2.50. The predicted molar refractivity (Wildman–Crippen MR) is 78.1 cm³/mol. The predicted octanol–water partition coefficient (Wildman–Crippen LogP) is 3.50. The van der Waals surface area contributed by atoms with E-state index in [-0.39, 0.29) is 11.7 Å².